The van der Waals surface area contributed by atoms with Crippen LogP contribution in [0, 0.1) is 11.8 Å². The fourth-order valence-corrected chi connectivity index (χ4v) is 4.18. The summed E-state index contributed by atoms with van der Waals surface area (Å²) < 4.78 is 26.9. The molecule has 1 aromatic carbocycles. The Bertz CT molecular complexity index is 715. The summed E-state index contributed by atoms with van der Waals surface area (Å²) in [6.07, 6.45) is 6.91. The molecule has 0 bridgehead atoms. The van der Waals surface area contributed by atoms with Crippen LogP contribution in [0.5, 0.6) is 0 Å². The number of Topliss-reactive ketones (excluding diaryl/α,β-unsaturated/α-hetero) is 1. The van der Waals surface area contributed by atoms with Crippen LogP contribution < -0.4 is 4.72 Å². The number of benzene rings is 1. The van der Waals surface area contributed by atoms with Crippen molar-refractivity contribution in [3.05, 3.63) is 35.2 Å². The van der Waals surface area contributed by atoms with Gasteiger partial charge < -0.3 is 0 Å². The van der Waals surface area contributed by atoms with Gasteiger partial charge in [-0.1, -0.05) is 20.8 Å². The van der Waals surface area contributed by atoms with Crippen LogP contribution in [0.25, 0.3) is 0 Å². The van der Waals surface area contributed by atoms with Crippen molar-refractivity contribution in [2.75, 3.05) is 7.05 Å². The average Bonchev–Trinajstić information content (AvgIpc) is 2.97. The van der Waals surface area contributed by atoms with E-state index in [1.54, 1.807) is 6.07 Å². The van der Waals surface area contributed by atoms with Crippen molar-refractivity contribution in [2.45, 2.75) is 64.2 Å². The first-order valence-corrected chi connectivity index (χ1v) is 10.1. The third kappa shape index (κ3) is 4.67. The van der Waals surface area contributed by atoms with Gasteiger partial charge in [0.15, 0.2) is 5.78 Å². The maximum absolute atomic E-state index is 12.5. The number of carbonyl (C=O) groups excluding carboxylic acids is 1. The third-order valence-electron chi connectivity index (χ3n) is 4.42. The van der Waals surface area contributed by atoms with Crippen LogP contribution in [0.2, 0.25) is 0 Å². The summed E-state index contributed by atoms with van der Waals surface area (Å²) in [7, 11) is -2.12. The van der Waals surface area contributed by atoms with Crippen molar-refractivity contribution in [1.82, 2.24) is 4.72 Å². The van der Waals surface area contributed by atoms with E-state index in [1.165, 1.54) is 7.05 Å². The van der Waals surface area contributed by atoms with E-state index in [0.717, 1.165) is 43.2 Å². The number of carbonyl (C=O) groups is 1. The highest BCUT2D eigenvalue weighted by Crippen LogP contribution is 2.30. The van der Waals surface area contributed by atoms with Crippen LogP contribution in [-0.2, 0) is 22.9 Å². The first kappa shape index (κ1) is 19.1. The van der Waals surface area contributed by atoms with Crippen molar-refractivity contribution in [2.24, 2.45) is 5.41 Å². The van der Waals surface area contributed by atoms with Crippen molar-refractivity contribution in [3.63, 3.8) is 0 Å². The zero-order chi connectivity index (χ0) is 18.0. The van der Waals surface area contributed by atoms with Gasteiger partial charge in [-0.15, -0.1) is 0 Å². The van der Waals surface area contributed by atoms with Crippen LogP contribution >= 0.6 is 0 Å². The second kappa shape index (κ2) is 7.36. The highest BCUT2D eigenvalue weighted by molar-refractivity contribution is 7.89. The Balaban J connectivity index is 2.16. The Kier molecular flexibility index (Phi) is 5.87. The van der Waals surface area contributed by atoms with Gasteiger partial charge in [0.1, 0.15) is 0 Å². The molecule has 0 aliphatic heterocycles. The number of nitrogens with one attached hydrogen (secondary N) is 1. The molecule has 0 spiro atoms. The van der Waals surface area contributed by atoms with Gasteiger partial charge in [0.25, 0.3) is 0 Å². The summed E-state index contributed by atoms with van der Waals surface area (Å²) in [5.41, 5.74) is 2.57. The molecule has 24 heavy (non-hydrogen) atoms. The molecule has 0 aromatic heterocycles. The zero-order valence-corrected chi connectivity index (χ0v) is 15.9. The Morgan fingerprint density at radius 3 is 2.58 bits per heavy atom. The van der Waals surface area contributed by atoms with Crippen LogP contribution in [-0.4, -0.2) is 21.2 Å². The molecule has 0 atom stereocenters. The molecule has 0 saturated carbocycles. The predicted octanol–water partition coefficient (Wildman–Crippen LogP) is 3.69. The Hall–Kier alpha value is -1.20. The lowest BCUT2D eigenvalue weighted by atomic mass is 9.89. The van der Waals surface area contributed by atoms with Gasteiger partial charge in [-0.3, -0.25) is 4.79 Å². The number of ketones is 1. The fraction of sp³-hybridized carbons (Fsp3) is 0.579. The molecule has 1 N–H and O–H groups in total. The van der Waals surface area contributed by atoms with E-state index in [0.29, 0.717) is 12.0 Å². The lowest BCUT2D eigenvalue weighted by molar-refractivity contribution is 0.0979. The second-order valence-corrected chi connectivity index (χ2v) is 9.41. The molecule has 0 unspecified atom stereocenters. The molecule has 0 amide bonds. The Morgan fingerprint density at radius 1 is 1.25 bits per heavy atom. The van der Waals surface area contributed by atoms with Gasteiger partial charge in [-0.05, 0) is 74.2 Å². The molecular weight excluding hydrogens is 322 g/mol. The van der Waals surface area contributed by atoms with E-state index < -0.39 is 10.0 Å². The molecule has 133 valence electrons. The van der Waals surface area contributed by atoms with Crippen LogP contribution in [0.1, 0.15) is 67.9 Å². The molecule has 4 nitrogen and oxygen atoms in total. The molecule has 1 aliphatic carbocycles. The maximum atomic E-state index is 12.5. The van der Waals surface area contributed by atoms with Gasteiger partial charge in [-0.25, -0.2) is 13.1 Å². The van der Waals surface area contributed by atoms with E-state index in [-0.39, 0.29) is 16.1 Å². The zero-order valence-electron chi connectivity index (χ0n) is 15.1. The lowest BCUT2D eigenvalue weighted by Crippen LogP contribution is -2.21. The van der Waals surface area contributed by atoms with Gasteiger partial charge in [0.2, 0.25) is 10.0 Å². The minimum absolute atomic E-state index is 0.0274. The molecule has 2 rings (SSSR count). The Labute approximate surface area is 146 Å². The van der Waals surface area contributed by atoms with Crippen LogP contribution in [0.15, 0.2) is 17.0 Å². The van der Waals surface area contributed by atoms with Gasteiger partial charge in [0, 0.05) is 12.0 Å². The van der Waals surface area contributed by atoms with E-state index in [2.05, 4.69) is 31.9 Å². The number of fused-ring (bicyclic) bond motifs is 1. The van der Waals surface area contributed by atoms with Gasteiger partial charge in [-0.2, -0.15) is 0 Å². The minimum Gasteiger partial charge on any atom is -0.294 e. The minimum atomic E-state index is -3.53. The molecule has 0 saturated heterocycles. The smallest absolute Gasteiger partial charge is 0.240 e. The largest absolute Gasteiger partial charge is 0.294 e. The van der Waals surface area contributed by atoms with Crippen molar-refractivity contribution in [1.29, 1.82) is 0 Å². The molecule has 0 fully saturated rings. The van der Waals surface area contributed by atoms with Crippen molar-refractivity contribution < 1.29 is 13.2 Å². The Morgan fingerprint density at radius 2 is 1.96 bits per heavy atom. The molecule has 5 heteroatoms. The van der Waals surface area contributed by atoms with Gasteiger partial charge in [0.05, 0.1) is 4.90 Å². The topological polar surface area (TPSA) is 63.2 Å². The first-order chi connectivity index (χ1) is 11.1. The average molecular weight is 351 g/mol. The number of hydrogen-bond donors (Lipinski definition) is 1. The SMILES string of the molecule is CNS(=O)(=O)c1cc(C(=O)CCC[CH]C(C)(C)C)cc2c1CCC2. The van der Waals surface area contributed by atoms with Gasteiger partial charge >= 0.3 is 0 Å². The lowest BCUT2D eigenvalue weighted by Gasteiger charge is -2.17. The second-order valence-electron chi connectivity index (χ2n) is 7.56. The third-order valence-corrected chi connectivity index (χ3v) is 5.90. The summed E-state index contributed by atoms with van der Waals surface area (Å²) in [5, 5.41) is 0. The molecule has 0 heterocycles. The van der Waals surface area contributed by atoms with Crippen LogP contribution in [0.3, 0.4) is 0 Å². The number of aryl methyl sites for hydroxylation is 1. The van der Waals surface area contributed by atoms with E-state index in [9.17, 15) is 13.2 Å². The van der Waals surface area contributed by atoms with Crippen molar-refractivity contribution >= 4 is 15.8 Å². The van der Waals surface area contributed by atoms with E-state index in [4.69, 9.17) is 0 Å². The molecule has 1 aromatic rings. The normalized spacial score (nSPS) is 14.7. The summed E-state index contributed by atoms with van der Waals surface area (Å²) in [4.78, 5) is 12.8. The monoisotopic (exact) mass is 350 g/mol. The predicted molar refractivity (Wildman–Crippen MR) is 96.6 cm³/mol. The van der Waals surface area contributed by atoms with Crippen LogP contribution in [0.4, 0.5) is 0 Å². The highest BCUT2D eigenvalue weighted by atomic mass is 32.2. The molecular formula is C19H28NO3S. The molecule has 1 aliphatic rings. The first-order valence-electron chi connectivity index (χ1n) is 8.61. The summed E-state index contributed by atoms with van der Waals surface area (Å²) in [6.45, 7) is 6.43. The summed E-state index contributed by atoms with van der Waals surface area (Å²) in [6, 6.07) is 3.46. The maximum Gasteiger partial charge on any atom is 0.240 e. The summed E-state index contributed by atoms with van der Waals surface area (Å²) >= 11 is 0. The quantitative estimate of drug-likeness (QED) is 0.602. The highest BCUT2D eigenvalue weighted by Gasteiger charge is 2.25. The fourth-order valence-electron chi connectivity index (χ4n) is 3.12. The standard InChI is InChI=1S/C19H28NO3S/c1-19(2,3)11-6-5-10-17(21)15-12-14-8-7-9-16(14)18(13-15)24(22,23)20-4/h11-13,20H,5-10H2,1-4H3. The van der Waals surface area contributed by atoms with E-state index >= 15 is 0 Å². The molecule has 1 radical (unpaired) electrons. The van der Waals surface area contributed by atoms with Crippen molar-refractivity contribution in [3.8, 4) is 0 Å². The van der Waals surface area contributed by atoms with E-state index in [1.807, 2.05) is 6.07 Å². The number of hydrogen-bond acceptors (Lipinski definition) is 3. The summed E-state index contributed by atoms with van der Waals surface area (Å²) in [5.74, 6) is 0.0274. The number of sulfonamides is 1. The number of unbranched alkanes of at least 4 members (excludes halogenated alkanes) is 1. The number of rotatable bonds is 7.